The minimum atomic E-state index is -4.52. The maximum absolute atomic E-state index is 14.2. The van der Waals surface area contributed by atoms with Crippen LogP contribution in [0.3, 0.4) is 0 Å². The number of hydrogen-bond acceptors (Lipinski definition) is 3. The van der Waals surface area contributed by atoms with Gasteiger partial charge in [-0.25, -0.2) is 8.78 Å². The summed E-state index contributed by atoms with van der Waals surface area (Å²) < 4.78 is 70.2. The van der Waals surface area contributed by atoms with Gasteiger partial charge in [-0.1, -0.05) is 18.2 Å². The Hall–Kier alpha value is -2.74. The van der Waals surface area contributed by atoms with Gasteiger partial charge in [0, 0.05) is 11.6 Å². The first-order chi connectivity index (χ1) is 12.6. The maximum Gasteiger partial charge on any atom is 0.416 e. The lowest BCUT2D eigenvalue weighted by atomic mass is 9.94. The van der Waals surface area contributed by atoms with Gasteiger partial charge in [0.15, 0.2) is 0 Å². The molecule has 2 aromatic carbocycles. The van der Waals surface area contributed by atoms with Crippen LogP contribution in [0, 0.1) is 11.6 Å². The van der Waals surface area contributed by atoms with Crippen molar-refractivity contribution in [2.24, 2.45) is 5.73 Å². The van der Waals surface area contributed by atoms with E-state index >= 15 is 0 Å². The van der Waals surface area contributed by atoms with Crippen molar-refractivity contribution in [1.82, 2.24) is 0 Å². The highest BCUT2D eigenvalue weighted by Gasteiger charge is 2.30. The number of rotatable bonds is 5. The fraction of sp³-hybridized carbons (Fsp3) is 0.211. The molecule has 0 aliphatic rings. The van der Waals surface area contributed by atoms with Gasteiger partial charge in [-0.05, 0) is 41.8 Å². The first-order valence-corrected chi connectivity index (χ1v) is 7.80. The molecule has 2 aromatic rings. The quantitative estimate of drug-likeness (QED) is 0.617. The van der Waals surface area contributed by atoms with Crippen molar-refractivity contribution in [2.45, 2.75) is 18.6 Å². The zero-order valence-corrected chi connectivity index (χ0v) is 14.2. The van der Waals surface area contributed by atoms with E-state index in [2.05, 4.69) is 4.74 Å². The molecule has 0 fully saturated rings. The summed E-state index contributed by atoms with van der Waals surface area (Å²) in [6.45, 7) is 0. The minimum absolute atomic E-state index is 0.0341. The summed E-state index contributed by atoms with van der Waals surface area (Å²) in [5.74, 6) is -2.39. The third-order valence-electron chi connectivity index (χ3n) is 3.82. The van der Waals surface area contributed by atoms with Crippen molar-refractivity contribution in [1.29, 1.82) is 0 Å². The number of esters is 1. The van der Waals surface area contributed by atoms with Crippen molar-refractivity contribution in [3.05, 3.63) is 76.9 Å². The molecule has 2 rings (SSSR count). The van der Waals surface area contributed by atoms with Crippen LogP contribution in [-0.4, -0.2) is 19.1 Å². The monoisotopic (exact) mass is 385 g/mol. The smallest absolute Gasteiger partial charge is 0.416 e. The van der Waals surface area contributed by atoms with E-state index in [9.17, 15) is 26.7 Å². The number of halogens is 5. The van der Waals surface area contributed by atoms with E-state index in [-0.39, 0.29) is 23.1 Å². The molecule has 0 bridgehead atoms. The van der Waals surface area contributed by atoms with E-state index in [4.69, 9.17) is 5.73 Å². The van der Waals surface area contributed by atoms with Gasteiger partial charge in [-0.15, -0.1) is 0 Å². The van der Waals surface area contributed by atoms with Gasteiger partial charge < -0.3 is 10.5 Å². The zero-order valence-electron chi connectivity index (χ0n) is 14.2. The molecule has 0 heterocycles. The lowest BCUT2D eigenvalue weighted by Gasteiger charge is -2.13. The molecule has 0 saturated heterocycles. The normalized spacial score (nSPS) is 13.4. The van der Waals surface area contributed by atoms with Gasteiger partial charge in [0.2, 0.25) is 0 Å². The van der Waals surface area contributed by atoms with Crippen LogP contribution in [-0.2, 0) is 15.7 Å². The van der Waals surface area contributed by atoms with Crippen LogP contribution in [0.2, 0.25) is 0 Å². The van der Waals surface area contributed by atoms with Gasteiger partial charge in [0.1, 0.15) is 17.7 Å². The number of hydrogen-bond donors (Lipinski definition) is 1. The molecule has 0 aliphatic heterocycles. The van der Waals surface area contributed by atoms with Crippen LogP contribution in [0.5, 0.6) is 0 Å². The first-order valence-electron chi connectivity index (χ1n) is 7.80. The zero-order chi connectivity index (χ0) is 20.2. The predicted octanol–water partition coefficient (Wildman–Crippen LogP) is 4.31. The second-order valence-electron chi connectivity index (χ2n) is 5.68. The van der Waals surface area contributed by atoms with Crippen molar-refractivity contribution in [2.75, 3.05) is 7.11 Å². The molecule has 144 valence electrons. The van der Waals surface area contributed by atoms with Crippen LogP contribution in [0.15, 0.2) is 48.5 Å². The van der Waals surface area contributed by atoms with Gasteiger partial charge >= 0.3 is 12.1 Å². The van der Waals surface area contributed by atoms with Crippen molar-refractivity contribution in [3.8, 4) is 0 Å². The fourth-order valence-electron chi connectivity index (χ4n) is 2.42. The number of carbonyl (C=O) groups excluding carboxylic acids is 1. The predicted molar refractivity (Wildman–Crippen MR) is 89.5 cm³/mol. The average Bonchev–Trinajstić information content (AvgIpc) is 2.62. The third-order valence-corrected chi connectivity index (χ3v) is 3.82. The van der Waals surface area contributed by atoms with Crippen LogP contribution in [0.1, 0.15) is 23.1 Å². The maximum atomic E-state index is 14.2. The number of benzene rings is 2. The summed E-state index contributed by atoms with van der Waals surface area (Å²) in [5, 5.41) is 0. The van der Waals surface area contributed by atoms with Crippen LogP contribution in [0.25, 0.3) is 5.57 Å². The molecule has 2 N–H and O–H groups in total. The van der Waals surface area contributed by atoms with E-state index in [0.717, 1.165) is 31.4 Å². The summed E-state index contributed by atoms with van der Waals surface area (Å²) in [4.78, 5) is 11.4. The Morgan fingerprint density at radius 2 is 1.78 bits per heavy atom. The van der Waals surface area contributed by atoms with Gasteiger partial charge in [-0.3, -0.25) is 4.79 Å². The molecular formula is C19H16F5NO2. The lowest BCUT2D eigenvalue weighted by molar-refractivity contribution is -0.142. The second kappa shape index (κ2) is 8.30. The number of alkyl halides is 3. The summed E-state index contributed by atoms with van der Waals surface area (Å²) in [7, 11) is 1.16. The molecule has 0 radical (unpaired) electrons. The van der Waals surface area contributed by atoms with Crippen LogP contribution >= 0.6 is 0 Å². The Balaban J connectivity index is 2.48. The second-order valence-corrected chi connectivity index (χ2v) is 5.68. The highest BCUT2D eigenvalue weighted by molar-refractivity contribution is 5.81. The summed E-state index contributed by atoms with van der Waals surface area (Å²) in [5.41, 5.74) is 5.19. The molecule has 0 amide bonds. The van der Waals surface area contributed by atoms with E-state index in [1.165, 1.54) is 18.2 Å². The van der Waals surface area contributed by atoms with Crippen molar-refractivity contribution >= 4 is 11.5 Å². The summed E-state index contributed by atoms with van der Waals surface area (Å²) in [6.07, 6.45) is -3.17. The SMILES string of the molecule is COC(=O)C(N)C/C=C(\c1ccc(C(F)(F)F)cc1)c1ccc(F)cc1F. The fourth-order valence-corrected chi connectivity index (χ4v) is 2.42. The Bertz CT molecular complexity index is 844. The number of nitrogens with two attached hydrogens (primary N) is 1. The van der Waals surface area contributed by atoms with E-state index in [1.54, 1.807) is 0 Å². The lowest BCUT2D eigenvalue weighted by Crippen LogP contribution is -2.30. The summed E-state index contributed by atoms with van der Waals surface area (Å²) >= 11 is 0. The van der Waals surface area contributed by atoms with Crippen LogP contribution in [0.4, 0.5) is 22.0 Å². The number of carbonyl (C=O) groups is 1. The van der Waals surface area contributed by atoms with Crippen molar-refractivity contribution < 1.29 is 31.5 Å². The molecule has 1 unspecified atom stereocenters. The molecule has 0 saturated carbocycles. The van der Waals surface area contributed by atoms with Gasteiger partial charge in [-0.2, -0.15) is 13.2 Å². The Morgan fingerprint density at radius 3 is 2.30 bits per heavy atom. The highest BCUT2D eigenvalue weighted by atomic mass is 19.4. The largest absolute Gasteiger partial charge is 0.468 e. The standard InChI is InChI=1S/C19H16F5NO2/c1-27-18(26)17(25)9-8-14(15-7-6-13(20)10-16(15)21)11-2-4-12(5-3-11)19(22,23)24/h2-8,10,17H,9,25H2,1H3/b14-8+. The molecule has 0 aliphatic carbocycles. The summed E-state index contributed by atoms with van der Waals surface area (Å²) in [6, 6.07) is 5.85. The van der Waals surface area contributed by atoms with Gasteiger partial charge in [0.25, 0.3) is 0 Å². The van der Waals surface area contributed by atoms with E-state index in [0.29, 0.717) is 6.07 Å². The Labute approximate surface area is 152 Å². The Kier molecular flexibility index (Phi) is 6.32. The topological polar surface area (TPSA) is 52.3 Å². The van der Waals surface area contributed by atoms with Crippen molar-refractivity contribution in [3.63, 3.8) is 0 Å². The molecule has 3 nitrogen and oxygen atoms in total. The third kappa shape index (κ3) is 5.13. The molecule has 0 spiro atoms. The number of methoxy groups -OCH3 is 1. The first kappa shape index (κ1) is 20.6. The van der Waals surface area contributed by atoms with E-state index in [1.807, 2.05) is 0 Å². The highest BCUT2D eigenvalue weighted by Crippen LogP contribution is 2.32. The molecular weight excluding hydrogens is 369 g/mol. The van der Waals surface area contributed by atoms with Gasteiger partial charge in [0.05, 0.1) is 12.7 Å². The number of ether oxygens (including phenoxy) is 1. The average molecular weight is 385 g/mol. The van der Waals surface area contributed by atoms with Crippen LogP contribution < -0.4 is 5.73 Å². The minimum Gasteiger partial charge on any atom is -0.468 e. The molecule has 1 atom stereocenters. The Morgan fingerprint density at radius 1 is 1.15 bits per heavy atom. The molecule has 8 heteroatoms. The molecule has 27 heavy (non-hydrogen) atoms. The molecule has 0 aromatic heterocycles. The van der Waals surface area contributed by atoms with E-state index < -0.39 is 35.4 Å².